The van der Waals surface area contributed by atoms with E-state index in [0.717, 1.165) is 23.8 Å². The lowest BCUT2D eigenvalue weighted by Crippen LogP contribution is -1.87. The third kappa shape index (κ3) is 1.95. The summed E-state index contributed by atoms with van der Waals surface area (Å²) in [7, 11) is 0. The van der Waals surface area contributed by atoms with Gasteiger partial charge in [0.1, 0.15) is 0 Å². The van der Waals surface area contributed by atoms with Gasteiger partial charge >= 0.3 is 0 Å². The van der Waals surface area contributed by atoms with E-state index in [4.69, 9.17) is 11.6 Å². The molecule has 0 aliphatic heterocycles. The maximum absolute atomic E-state index is 10.9. The average Bonchev–Trinajstić information content (AvgIpc) is 2.86. The van der Waals surface area contributed by atoms with Gasteiger partial charge in [-0.25, -0.2) is 0 Å². The minimum atomic E-state index is 0.509. The fourth-order valence-electron chi connectivity index (χ4n) is 2.57. The molecule has 1 nitrogen and oxygen atoms in total. The Hall–Kier alpha value is -1.60. The van der Waals surface area contributed by atoms with Crippen LogP contribution in [-0.2, 0) is 12.8 Å². The normalized spacial score (nSPS) is 13.4. The molecule has 0 heterocycles. The van der Waals surface area contributed by atoms with Crippen LogP contribution in [0, 0.1) is 0 Å². The van der Waals surface area contributed by atoms with Crippen LogP contribution in [0.4, 0.5) is 0 Å². The quantitative estimate of drug-likeness (QED) is 0.732. The lowest BCUT2D eigenvalue weighted by molar-refractivity contribution is 0.112. The molecule has 0 spiro atoms. The summed E-state index contributed by atoms with van der Waals surface area (Å²) in [6.45, 7) is 0. The summed E-state index contributed by atoms with van der Waals surface area (Å²) in [5.74, 6) is 0. The molecule has 2 aromatic rings. The van der Waals surface area contributed by atoms with Crippen molar-refractivity contribution in [1.82, 2.24) is 0 Å². The predicted molar refractivity (Wildman–Crippen MR) is 74.3 cm³/mol. The minimum absolute atomic E-state index is 0.509. The molecule has 3 rings (SSSR count). The summed E-state index contributed by atoms with van der Waals surface area (Å²) < 4.78 is 0. The zero-order chi connectivity index (χ0) is 12.5. The van der Waals surface area contributed by atoms with Gasteiger partial charge in [0.2, 0.25) is 0 Å². The van der Waals surface area contributed by atoms with Crippen molar-refractivity contribution < 1.29 is 4.79 Å². The fraction of sp³-hybridized carbons (Fsp3) is 0.188. The lowest BCUT2D eigenvalue weighted by atomic mass is 9.99. The van der Waals surface area contributed by atoms with Gasteiger partial charge in [0.25, 0.3) is 0 Å². The topological polar surface area (TPSA) is 17.1 Å². The lowest BCUT2D eigenvalue weighted by Gasteiger charge is -2.06. The van der Waals surface area contributed by atoms with Crippen LogP contribution in [0.3, 0.4) is 0 Å². The summed E-state index contributed by atoms with van der Waals surface area (Å²) in [5.41, 5.74) is 5.67. The van der Waals surface area contributed by atoms with Crippen molar-refractivity contribution in [2.75, 3.05) is 0 Å². The van der Waals surface area contributed by atoms with Crippen molar-refractivity contribution in [3.8, 4) is 11.1 Å². The van der Waals surface area contributed by atoms with E-state index in [9.17, 15) is 4.79 Å². The van der Waals surface area contributed by atoms with Crippen molar-refractivity contribution >= 4 is 17.9 Å². The molecule has 2 heteroatoms. The molecule has 2 aromatic carbocycles. The Morgan fingerprint density at radius 1 is 0.944 bits per heavy atom. The second-order valence-electron chi connectivity index (χ2n) is 4.69. The van der Waals surface area contributed by atoms with E-state index in [1.807, 2.05) is 12.1 Å². The van der Waals surface area contributed by atoms with E-state index in [2.05, 4.69) is 18.2 Å². The summed E-state index contributed by atoms with van der Waals surface area (Å²) in [4.78, 5) is 10.9. The Bertz CT molecular complexity index is 616. The van der Waals surface area contributed by atoms with Crippen molar-refractivity contribution in [3.63, 3.8) is 0 Å². The molecule has 0 saturated heterocycles. The summed E-state index contributed by atoms with van der Waals surface area (Å²) >= 11 is 5.95. The van der Waals surface area contributed by atoms with Crippen LogP contribution >= 0.6 is 11.6 Å². The van der Waals surface area contributed by atoms with Crippen LogP contribution in [-0.4, -0.2) is 6.29 Å². The Balaban J connectivity index is 2.07. The van der Waals surface area contributed by atoms with Crippen molar-refractivity contribution in [2.45, 2.75) is 19.3 Å². The Morgan fingerprint density at radius 2 is 1.67 bits per heavy atom. The number of hydrogen-bond donors (Lipinski definition) is 0. The van der Waals surface area contributed by atoms with Gasteiger partial charge in [0, 0.05) is 5.56 Å². The first-order valence-corrected chi connectivity index (χ1v) is 6.52. The first-order chi connectivity index (χ1) is 8.78. The van der Waals surface area contributed by atoms with Gasteiger partial charge in [0.05, 0.1) is 5.02 Å². The van der Waals surface area contributed by atoms with E-state index < -0.39 is 0 Å². The van der Waals surface area contributed by atoms with Gasteiger partial charge < -0.3 is 0 Å². The highest BCUT2D eigenvalue weighted by Crippen LogP contribution is 2.29. The Labute approximate surface area is 111 Å². The number of aryl methyl sites for hydroxylation is 2. The fourth-order valence-corrected chi connectivity index (χ4v) is 2.73. The van der Waals surface area contributed by atoms with Gasteiger partial charge in [-0.05, 0) is 53.6 Å². The highest BCUT2D eigenvalue weighted by molar-refractivity contribution is 6.33. The van der Waals surface area contributed by atoms with Crippen LogP contribution in [0.15, 0.2) is 36.4 Å². The largest absolute Gasteiger partial charge is 0.298 e. The number of benzene rings is 2. The van der Waals surface area contributed by atoms with Gasteiger partial charge in [-0.15, -0.1) is 0 Å². The summed E-state index contributed by atoms with van der Waals surface area (Å²) in [6, 6.07) is 12.2. The highest BCUT2D eigenvalue weighted by Gasteiger charge is 2.11. The molecule has 1 aliphatic rings. The molecule has 0 saturated carbocycles. The zero-order valence-electron chi connectivity index (χ0n) is 9.95. The Kier molecular flexibility index (Phi) is 2.92. The SMILES string of the molecule is O=Cc1cc(-c2ccc3c(c2)CCC3)ccc1Cl. The predicted octanol–water partition coefficient (Wildman–Crippen LogP) is 4.31. The zero-order valence-corrected chi connectivity index (χ0v) is 10.7. The molecule has 0 aromatic heterocycles. The smallest absolute Gasteiger partial charge is 0.151 e. The van der Waals surface area contributed by atoms with E-state index in [-0.39, 0.29) is 0 Å². The third-order valence-electron chi connectivity index (χ3n) is 3.55. The number of rotatable bonds is 2. The summed E-state index contributed by atoms with van der Waals surface area (Å²) in [6.07, 6.45) is 4.41. The molecule has 18 heavy (non-hydrogen) atoms. The molecule has 0 unspecified atom stereocenters. The van der Waals surface area contributed by atoms with Gasteiger partial charge in [-0.2, -0.15) is 0 Å². The average molecular weight is 257 g/mol. The highest BCUT2D eigenvalue weighted by atomic mass is 35.5. The molecule has 0 atom stereocenters. The maximum Gasteiger partial charge on any atom is 0.151 e. The monoisotopic (exact) mass is 256 g/mol. The molecule has 1 aliphatic carbocycles. The maximum atomic E-state index is 10.9. The van der Waals surface area contributed by atoms with Crippen LogP contribution < -0.4 is 0 Å². The number of halogens is 1. The second kappa shape index (κ2) is 4.58. The van der Waals surface area contributed by atoms with E-state index in [1.54, 1.807) is 6.07 Å². The minimum Gasteiger partial charge on any atom is -0.298 e. The van der Waals surface area contributed by atoms with Crippen molar-refractivity contribution in [1.29, 1.82) is 0 Å². The molecule has 0 N–H and O–H groups in total. The molecule has 90 valence electrons. The van der Waals surface area contributed by atoms with E-state index >= 15 is 0 Å². The second-order valence-corrected chi connectivity index (χ2v) is 5.10. The number of aldehydes is 1. The Morgan fingerprint density at radius 3 is 2.50 bits per heavy atom. The number of hydrogen-bond acceptors (Lipinski definition) is 1. The van der Waals surface area contributed by atoms with Gasteiger partial charge in [-0.3, -0.25) is 4.79 Å². The van der Waals surface area contributed by atoms with Gasteiger partial charge in [0.15, 0.2) is 6.29 Å². The number of carbonyl (C=O) groups excluding carboxylic acids is 1. The van der Waals surface area contributed by atoms with E-state index in [1.165, 1.54) is 24.0 Å². The first-order valence-electron chi connectivity index (χ1n) is 6.15. The molecule has 0 fully saturated rings. The van der Waals surface area contributed by atoms with Crippen LogP contribution in [0.1, 0.15) is 27.9 Å². The molecule has 0 bridgehead atoms. The molecule has 0 radical (unpaired) electrons. The van der Waals surface area contributed by atoms with Crippen LogP contribution in [0.25, 0.3) is 11.1 Å². The first kappa shape index (κ1) is 11.5. The molecular weight excluding hydrogens is 244 g/mol. The molecule has 0 amide bonds. The third-order valence-corrected chi connectivity index (χ3v) is 3.90. The van der Waals surface area contributed by atoms with Crippen molar-refractivity contribution in [3.05, 3.63) is 58.1 Å². The molecular formula is C16H13ClO. The number of fused-ring (bicyclic) bond motifs is 1. The standard InChI is InChI=1S/C16H13ClO/c17-16-7-6-14(9-15(16)10-18)13-5-4-11-2-1-3-12(11)8-13/h4-10H,1-3H2. The van der Waals surface area contributed by atoms with Crippen molar-refractivity contribution in [2.24, 2.45) is 0 Å². The van der Waals surface area contributed by atoms with Crippen LogP contribution in [0.2, 0.25) is 5.02 Å². The van der Waals surface area contributed by atoms with Crippen LogP contribution in [0.5, 0.6) is 0 Å². The number of carbonyl (C=O) groups is 1. The van der Waals surface area contributed by atoms with E-state index in [0.29, 0.717) is 10.6 Å². The summed E-state index contributed by atoms with van der Waals surface area (Å²) in [5, 5.41) is 0.509. The van der Waals surface area contributed by atoms with Gasteiger partial charge in [-0.1, -0.05) is 35.9 Å².